The van der Waals surface area contributed by atoms with Crippen molar-refractivity contribution < 1.29 is 5.11 Å². The molecule has 0 amide bonds. The fraction of sp³-hybridized carbons (Fsp3) is 0.0625. The van der Waals surface area contributed by atoms with Gasteiger partial charge in [-0.05, 0) is 27.6 Å². The zero-order valence-electron chi connectivity index (χ0n) is 9.67. The van der Waals surface area contributed by atoms with Gasteiger partial charge in [0, 0.05) is 5.56 Å². The molecular formula is C16H11NO. The summed E-state index contributed by atoms with van der Waals surface area (Å²) in [5.74, 6) is 0. The zero-order valence-corrected chi connectivity index (χ0v) is 9.67. The summed E-state index contributed by atoms with van der Waals surface area (Å²) >= 11 is 0. The normalized spacial score (nSPS) is 12.4. The first-order valence-corrected chi connectivity index (χ1v) is 5.79. The van der Waals surface area contributed by atoms with Gasteiger partial charge < -0.3 is 5.11 Å². The van der Waals surface area contributed by atoms with Gasteiger partial charge in [0.2, 0.25) is 0 Å². The molecule has 0 saturated heterocycles. The van der Waals surface area contributed by atoms with Crippen molar-refractivity contribution in [3.63, 3.8) is 0 Å². The molecule has 2 heteroatoms. The van der Waals surface area contributed by atoms with Gasteiger partial charge in [0.15, 0.2) is 6.10 Å². The molecule has 1 N–H and O–H groups in total. The minimum absolute atomic E-state index is 0.673. The molecule has 18 heavy (non-hydrogen) atoms. The van der Waals surface area contributed by atoms with Gasteiger partial charge in [0.05, 0.1) is 6.07 Å². The third-order valence-electron chi connectivity index (χ3n) is 3.22. The van der Waals surface area contributed by atoms with Crippen molar-refractivity contribution in [2.75, 3.05) is 0 Å². The van der Waals surface area contributed by atoms with Crippen molar-refractivity contribution in [2.24, 2.45) is 0 Å². The summed E-state index contributed by atoms with van der Waals surface area (Å²) in [6.45, 7) is 0. The Morgan fingerprint density at radius 2 is 1.50 bits per heavy atom. The summed E-state index contributed by atoms with van der Waals surface area (Å²) in [5.41, 5.74) is 0.673. The fourth-order valence-corrected chi connectivity index (χ4v) is 2.38. The molecule has 0 heterocycles. The molecule has 0 radical (unpaired) electrons. The van der Waals surface area contributed by atoms with Crippen LogP contribution in [0.15, 0.2) is 54.6 Å². The first kappa shape index (κ1) is 10.8. The molecule has 0 spiro atoms. The van der Waals surface area contributed by atoms with E-state index in [0.717, 1.165) is 21.5 Å². The lowest BCUT2D eigenvalue weighted by molar-refractivity contribution is 0.237. The van der Waals surface area contributed by atoms with E-state index in [4.69, 9.17) is 5.26 Å². The number of fused-ring (bicyclic) bond motifs is 3. The van der Waals surface area contributed by atoms with Crippen molar-refractivity contribution in [3.8, 4) is 6.07 Å². The Balaban J connectivity index is 2.51. The number of hydrogen-bond donors (Lipinski definition) is 1. The number of aliphatic hydroxyl groups excluding tert-OH is 1. The molecular weight excluding hydrogens is 222 g/mol. The lowest BCUT2D eigenvalue weighted by Gasteiger charge is -2.11. The molecule has 3 aromatic rings. The van der Waals surface area contributed by atoms with Crippen LogP contribution in [0.1, 0.15) is 11.7 Å². The standard InChI is InChI=1S/C16H11NO/c17-10-16(18)15-9-11-5-1-2-6-12(11)13-7-3-4-8-14(13)15/h1-9,16,18H. The Hall–Kier alpha value is -2.37. The first-order chi connectivity index (χ1) is 8.81. The van der Waals surface area contributed by atoms with Crippen molar-refractivity contribution in [3.05, 3.63) is 60.2 Å². The second-order valence-electron chi connectivity index (χ2n) is 4.26. The van der Waals surface area contributed by atoms with Crippen LogP contribution in [-0.4, -0.2) is 5.11 Å². The SMILES string of the molecule is N#CC(O)c1cc2ccccc2c2ccccc12. The van der Waals surface area contributed by atoms with Gasteiger partial charge in [-0.3, -0.25) is 0 Å². The van der Waals surface area contributed by atoms with Gasteiger partial charge in [-0.1, -0.05) is 48.5 Å². The molecule has 86 valence electrons. The van der Waals surface area contributed by atoms with E-state index >= 15 is 0 Å². The molecule has 0 bridgehead atoms. The van der Waals surface area contributed by atoms with Gasteiger partial charge in [-0.15, -0.1) is 0 Å². The average Bonchev–Trinajstić information content (AvgIpc) is 2.45. The second kappa shape index (κ2) is 4.14. The summed E-state index contributed by atoms with van der Waals surface area (Å²) in [6, 6.07) is 19.6. The van der Waals surface area contributed by atoms with Crippen molar-refractivity contribution in [2.45, 2.75) is 6.10 Å². The van der Waals surface area contributed by atoms with Crippen LogP contribution in [0.25, 0.3) is 21.5 Å². The van der Waals surface area contributed by atoms with Gasteiger partial charge >= 0.3 is 0 Å². The lowest BCUT2D eigenvalue weighted by atomic mass is 9.95. The smallest absolute Gasteiger partial charge is 0.166 e. The van der Waals surface area contributed by atoms with Gasteiger partial charge in [-0.25, -0.2) is 0 Å². The molecule has 0 aliphatic carbocycles. The first-order valence-electron chi connectivity index (χ1n) is 5.79. The molecule has 0 aliphatic heterocycles. The highest BCUT2D eigenvalue weighted by Crippen LogP contribution is 2.31. The topological polar surface area (TPSA) is 44.0 Å². The van der Waals surface area contributed by atoms with E-state index in [0.29, 0.717) is 5.56 Å². The summed E-state index contributed by atoms with van der Waals surface area (Å²) in [5, 5.41) is 22.9. The molecule has 3 aromatic carbocycles. The van der Waals surface area contributed by atoms with Crippen molar-refractivity contribution >= 4 is 21.5 Å². The minimum Gasteiger partial charge on any atom is -0.374 e. The highest BCUT2D eigenvalue weighted by Gasteiger charge is 2.12. The quantitative estimate of drug-likeness (QED) is 0.516. The number of aliphatic hydroxyl groups is 1. The Morgan fingerprint density at radius 3 is 2.22 bits per heavy atom. The molecule has 1 atom stereocenters. The maximum Gasteiger partial charge on any atom is 0.166 e. The fourth-order valence-electron chi connectivity index (χ4n) is 2.38. The van der Waals surface area contributed by atoms with Crippen molar-refractivity contribution in [1.82, 2.24) is 0 Å². The van der Waals surface area contributed by atoms with E-state index in [1.54, 1.807) is 0 Å². The Labute approximate surface area is 105 Å². The average molecular weight is 233 g/mol. The number of hydrogen-bond acceptors (Lipinski definition) is 2. The van der Waals surface area contributed by atoms with Crippen LogP contribution >= 0.6 is 0 Å². The largest absolute Gasteiger partial charge is 0.374 e. The van der Waals surface area contributed by atoms with Crippen LogP contribution in [0.2, 0.25) is 0 Å². The summed E-state index contributed by atoms with van der Waals surface area (Å²) in [7, 11) is 0. The second-order valence-corrected chi connectivity index (χ2v) is 4.26. The van der Waals surface area contributed by atoms with Gasteiger partial charge in [0.25, 0.3) is 0 Å². The molecule has 0 aliphatic rings. The third kappa shape index (κ3) is 1.54. The number of nitrogens with zero attached hydrogens (tertiary/aromatic N) is 1. The molecule has 3 rings (SSSR count). The van der Waals surface area contributed by atoms with Crippen LogP contribution in [-0.2, 0) is 0 Å². The zero-order chi connectivity index (χ0) is 12.5. The van der Waals surface area contributed by atoms with E-state index in [-0.39, 0.29) is 0 Å². The monoisotopic (exact) mass is 233 g/mol. The lowest BCUT2D eigenvalue weighted by Crippen LogP contribution is -1.95. The number of rotatable bonds is 1. The van der Waals surface area contributed by atoms with Crippen molar-refractivity contribution in [1.29, 1.82) is 5.26 Å². The number of nitriles is 1. The Morgan fingerprint density at radius 1 is 0.889 bits per heavy atom. The maximum absolute atomic E-state index is 9.83. The van der Waals surface area contributed by atoms with Gasteiger partial charge in [0.1, 0.15) is 0 Å². The molecule has 0 aromatic heterocycles. The number of benzene rings is 3. The highest BCUT2D eigenvalue weighted by molar-refractivity contribution is 6.09. The predicted octanol–water partition coefficient (Wildman–Crippen LogP) is 3.55. The Kier molecular flexibility index (Phi) is 2.47. The minimum atomic E-state index is -1.08. The Bertz CT molecular complexity index is 771. The van der Waals surface area contributed by atoms with E-state index in [2.05, 4.69) is 6.07 Å². The molecule has 0 fully saturated rings. The maximum atomic E-state index is 9.83. The van der Waals surface area contributed by atoms with Crippen LogP contribution < -0.4 is 0 Å². The van der Waals surface area contributed by atoms with Crippen LogP contribution in [0, 0.1) is 11.3 Å². The van der Waals surface area contributed by atoms with Crippen LogP contribution in [0.3, 0.4) is 0 Å². The van der Waals surface area contributed by atoms with E-state index in [1.165, 1.54) is 0 Å². The van der Waals surface area contributed by atoms with E-state index < -0.39 is 6.10 Å². The van der Waals surface area contributed by atoms with E-state index in [1.807, 2.05) is 54.6 Å². The van der Waals surface area contributed by atoms with Crippen LogP contribution in [0.5, 0.6) is 0 Å². The highest BCUT2D eigenvalue weighted by atomic mass is 16.3. The summed E-state index contributed by atoms with van der Waals surface area (Å²) < 4.78 is 0. The van der Waals surface area contributed by atoms with E-state index in [9.17, 15) is 5.11 Å². The van der Waals surface area contributed by atoms with Gasteiger partial charge in [-0.2, -0.15) is 5.26 Å². The molecule has 1 unspecified atom stereocenters. The van der Waals surface area contributed by atoms with Crippen LogP contribution in [0.4, 0.5) is 0 Å². The molecule has 0 saturated carbocycles. The predicted molar refractivity (Wildman–Crippen MR) is 72.0 cm³/mol. The molecule has 2 nitrogen and oxygen atoms in total. The third-order valence-corrected chi connectivity index (χ3v) is 3.22. The summed E-state index contributed by atoms with van der Waals surface area (Å²) in [4.78, 5) is 0. The summed E-state index contributed by atoms with van der Waals surface area (Å²) in [6.07, 6.45) is -1.08.